The van der Waals surface area contributed by atoms with Gasteiger partial charge < -0.3 is 13.9 Å². The van der Waals surface area contributed by atoms with Crippen molar-refractivity contribution in [2.24, 2.45) is 0 Å². The molecule has 0 aromatic carbocycles. The fourth-order valence-corrected chi connectivity index (χ4v) is 0.973. The van der Waals surface area contributed by atoms with E-state index < -0.39 is 0 Å². The van der Waals surface area contributed by atoms with Crippen LogP contribution in [0.15, 0.2) is 4.42 Å². The molecule has 0 unspecified atom stereocenters. The first-order valence-corrected chi connectivity index (χ1v) is 4.33. The molecule has 0 N–H and O–H groups in total. The SMILES string of the molecule is CCOc1oc(CC(=O)OC)nc1C. The number of carbonyl (C=O) groups excluding carboxylic acids is 1. The van der Waals surface area contributed by atoms with Crippen molar-refractivity contribution in [3.8, 4) is 5.95 Å². The highest BCUT2D eigenvalue weighted by Gasteiger charge is 2.13. The zero-order valence-corrected chi connectivity index (χ0v) is 8.49. The fourth-order valence-electron chi connectivity index (χ4n) is 0.973. The highest BCUT2D eigenvalue weighted by Crippen LogP contribution is 2.19. The summed E-state index contributed by atoms with van der Waals surface area (Å²) < 4.78 is 14.8. The van der Waals surface area contributed by atoms with Gasteiger partial charge in [-0.05, 0) is 13.8 Å². The summed E-state index contributed by atoms with van der Waals surface area (Å²) in [5, 5.41) is 0. The van der Waals surface area contributed by atoms with Gasteiger partial charge in [-0.15, -0.1) is 0 Å². The van der Waals surface area contributed by atoms with Crippen molar-refractivity contribution in [3.05, 3.63) is 11.6 Å². The third-order valence-corrected chi connectivity index (χ3v) is 1.60. The topological polar surface area (TPSA) is 61.6 Å². The molecule has 0 bridgehead atoms. The first-order chi connectivity index (χ1) is 6.67. The molecule has 1 heterocycles. The molecule has 5 heteroatoms. The van der Waals surface area contributed by atoms with E-state index in [1.807, 2.05) is 6.92 Å². The number of hydrogen-bond acceptors (Lipinski definition) is 5. The van der Waals surface area contributed by atoms with Gasteiger partial charge in [0.2, 0.25) is 5.89 Å². The Morgan fingerprint density at radius 3 is 2.86 bits per heavy atom. The predicted molar refractivity (Wildman–Crippen MR) is 48.1 cm³/mol. The zero-order chi connectivity index (χ0) is 10.6. The maximum atomic E-state index is 10.9. The number of carbonyl (C=O) groups is 1. The lowest BCUT2D eigenvalue weighted by molar-refractivity contribution is -0.140. The molecule has 78 valence electrons. The largest absolute Gasteiger partial charge is 0.469 e. The lowest BCUT2D eigenvalue weighted by Gasteiger charge is -1.96. The molecule has 0 aliphatic heterocycles. The molecule has 1 rings (SSSR count). The van der Waals surface area contributed by atoms with E-state index in [-0.39, 0.29) is 12.4 Å². The van der Waals surface area contributed by atoms with E-state index in [2.05, 4.69) is 9.72 Å². The normalized spacial score (nSPS) is 9.93. The monoisotopic (exact) mass is 199 g/mol. The van der Waals surface area contributed by atoms with Crippen molar-refractivity contribution in [1.82, 2.24) is 4.98 Å². The Labute approximate surface area is 82.0 Å². The molecule has 0 saturated heterocycles. The average Bonchev–Trinajstić information content (AvgIpc) is 2.47. The number of aromatic nitrogens is 1. The van der Waals surface area contributed by atoms with Gasteiger partial charge >= 0.3 is 11.9 Å². The number of rotatable bonds is 4. The molecule has 0 spiro atoms. The van der Waals surface area contributed by atoms with E-state index in [9.17, 15) is 4.79 Å². The Morgan fingerprint density at radius 1 is 1.57 bits per heavy atom. The lowest BCUT2D eigenvalue weighted by Crippen LogP contribution is -2.04. The second kappa shape index (κ2) is 4.64. The van der Waals surface area contributed by atoms with Crippen molar-refractivity contribution in [3.63, 3.8) is 0 Å². The van der Waals surface area contributed by atoms with E-state index in [4.69, 9.17) is 9.15 Å². The summed E-state index contributed by atoms with van der Waals surface area (Å²) in [5.41, 5.74) is 0.644. The molecule has 1 aromatic rings. The molecule has 0 saturated carbocycles. The maximum absolute atomic E-state index is 10.9. The number of ether oxygens (including phenoxy) is 2. The first-order valence-electron chi connectivity index (χ1n) is 4.33. The Bertz CT molecular complexity index is 319. The van der Waals surface area contributed by atoms with Crippen LogP contribution in [0.1, 0.15) is 18.5 Å². The number of nitrogens with zero attached hydrogens (tertiary/aromatic N) is 1. The van der Waals surface area contributed by atoms with Crippen LogP contribution in [-0.2, 0) is 16.0 Å². The lowest BCUT2D eigenvalue weighted by atomic mass is 10.4. The Hall–Kier alpha value is -1.52. The molecular formula is C9H13NO4. The van der Waals surface area contributed by atoms with Crippen molar-refractivity contribution >= 4 is 5.97 Å². The van der Waals surface area contributed by atoms with E-state index in [1.165, 1.54) is 7.11 Å². The summed E-state index contributed by atoms with van der Waals surface area (Å²) in [6.07, 6.45) is 0.0322. The second-order valence-corrected chi connectivity index (χ2v) is 2.67. The third-order valence-electron chi connectivity index (χ3n) is 1.60. The number of aryl methyl sites for hydroxylation is 1. The van der Waals surface area contributed by atoms with Gasteiger partial charge in [-0.2, -0.15) is 0 Å². The fraction of sp³-hybridized carbons (Fsp3) is 0.556. The van der Waals surface area contributed by atoms with E-state index in [0.717, 1.165) is 0 Å². The van der Waals surface area contributed by atoms with Gasteiger partial charge in [0.05, 0.1) is 13.7 Å². The van der Waals surface area contributed by atoms with Gasteiger partial charge in [0.25, 0.3) is 0 Å². The highest BCUT2D eigenvalue weighted by atomic mass is 16.6. The van der Waals surface area contributed by atoms with Crippen molar-refractivity contribution in [1.29, 1.82) is 0 Å². The smallest absolute Gasteiger partial charge is 0.314 e. The first kappa shape index (κ1) is 10.6. The molecule has 14 heavy (non-hydrogen) atoms. The number of oxazole rings is 1. The van der Waals surface area contributed by atoms with Crippen LogP contribution in [0.2, 0.25) is 0 Å². The number of hydrogen-bond donors (Lipinski definition) is 0. The Balaban J connectivity index is 2.70. The molecule has 0 fully saturated rings. The quantitative estimate of drug-likeness (QED) is 0.679. The van der Waals surface area contributed by atoms with Gasteiger partial charge in [0.1, 0.15) is 12.1 Å². The summed E-state index contributed by atoms with van der Waals surface area (Å²) in [4.78, 5) is 14.9. The van der Waals surface area contributed by atoms with Crippen LogP contribution in [0.3, 0.4) is 0 Å². The minimum atomic E-state index is -0.380. The highest BCUT2D eigenvalue weighted by molar-refractivity contribution is 5.71. The molecule has 1 aromatic heterocycles. The zero-order valence-electron chi connectivity index (χ0n) is 8.49. The number of methoxy groups -OCH3 is 1. The molecule has 5 nitrogen and oxygen atoms in total. The van der Waals surface area contributed by atoms with Crippen LogP contribution in [0.5, 0.6) is 5.95 Å². The molecular weight excluding hydrogens is 186 g/mol. The predicted octanol–water partition coefficient (Wildman–Crippen LogP) is 1.10. The van der Waals surface area contributed by atoms with Crippen LogP contribution in [0.25, 0.3) is 0 Å². The summed E-state index contributed by atoms with van der Waals surface area (Å²) in [5.74, 6) is 0.304. The second-order valence-electron chi connectivity index (χ2n) is 2.67. The summed E-state index contributed by atoms with van der Waals surface area (Å²) >= 11 is 0. The molecule has 0 atom stereocenters. The summed E-state index contributed by atoms with van der Waals surface area (Å²) in [6.45, 7) is 4.12. The van der Waals surface area contributed by atoms with Gasteiger partial charge in [-0.1, -0.05) is 0 Å². The molecule has 0 radical (unpaired) electrons. The Kier molecular flexibility index (Phi) is 3.50. The third kappa shape index (κ3) is 2.48. The molecule has 0 amide bonds. The van der Waals surface area contributed by atoms with Gasteiger partial charge in [0, 0.05) is 0 Å². The minimum Gasteiger partial charge on any atom is -0.469 e. The molecule has 0 aliphatic rings. The van der Waals surface area contributed by atoms with Gasteiger partial charge in [0.15, 0.2) is 0 Å². The van der Waals surface area contributed by atoms with E-state index >= 15 is 0 Å². The van der Waals surface area contributed by atoms with Crippen LogP contribution in [-0.4, -0.2) is 24.7 Å². The van der Waals surface area contributed by atoms with Crippen LogP contribution in [0.4, 0.5) is 0 Å². The van der Waals surface area contributed by atoms with Gasteiger partial charge in [-0.3, -0.25) is 4.79 Å². The summed E-state index contributed by atoms with van der Waals surface area (Å²) in [6, 6.07) is 0. The van der Waals surface area contributed by atoms with Crippen LogP contribution in [0, 0.1) is 6.92 Å². The molecule has 0 aliphatic carbocycles. The van der Waals surface area contributed by atoms with Gasteiger partial charge in [-0.25, -0.2) is 4.98 Å². The van der Waals surface area contributed by atoms with Crippen molar-refractivity contribution < 1.29 is 18.7 Å². The average molecular weight is 199 g/mol. The van der Waals surface area contributed by atoms with Crippen molar-refractivity contribution in [2.45, 2.75) is 20.3 Å². The van der Waals surface area contributed by atoms with E-state index in [0.29, 0.717) is 24.1 Å². The minimum absolute atomic E-state index is 0.0322. The van der Waals surface area contributed by atoms with Crippen LogP contribution < -0.4 is 4.74 Å². The number of esters is 1. The van der Waals surface area contributed by atoms with E-state index in [1.54, 1.807) is 6.92 Å². The maximum Gasteiger partial charge on any atom is 0.314 e. The Morgan fingerprint density at radius 2 is 2.29 bits per heavy atom. The van der Waals surface area contributed by atoms with Crippen molar-refractivity contribution in [2.75, 3.05) is 13.7 Å². The summed E-state index contributed by atoms with van der Waals surface area (Å²) in [7, 11) is 1.32. The standard InChI is InChI=1S/C9H13NO4/c1-4-13-9-6(2)10-7(14-9)5-8(11)12-3/h4-5H2,1-3H3. The van der Waals surface area contributed by atoms with Crippen LogP contribution >= 0.6 is 0 Å².